The highest BCUT2D eigenvalue weighted by Crippen LogP contribution is 2.50. The van der Waals surface area contributed by atoms with Gasteiger partial charge in [-0.05, 0) is 29.1 Å². The number of hydrogen-bond donors (Lipinski definition) is 2. The molecule has 2 saturated heterocycles. The van der Waals surface area contributed by atoms with Gasteiger partial charge >= 0.3 is 17.1 Å². The van der Waals surface area contributed by atoms with Crippen molar-refractivity contribution in [1.82, 2.24) is 19.5 Å². The first kappa shape index (κ1) is 28.3. The predicted molar refractivity (Wildman–Crippen MR) is 143 cm³/mol. The van der Waals surface area contributed by atoms with Crippen LogP contribution in [0, 0.1) is 0 Å². The van der Waals surface area contributed by atoms with E-state index in [2.05, 4.69) is 70.3 Å². The molecule has 0 aliphatic carbocycles. The van der Waals surface area contributed by atoms with E-state index in [1.807, 2.05) is 0 Å². The molecule has 2 fully saturated rings. The summed E-state index contributed by atoms with van der Waals surface area (Å²) in [6, 6.07) is 0. The summed E-state index contributed by atoms with van der Waals surface area (Å²) in [6.45, 7) is 18.3. The average Bonchev–Trinajstić information content (AvgIpc) is 3.35. The zero-order valence-corrected chi connectivity index (χ0v) is 25.2. The van der Waals surface area contributed by atoms with Gasteiger partial charge in [-0.3, -0.25) is 9.36 Å². The normalized spacial score (nSPS) is 29.7. The number of nitrogen functional groups attached to an aromatic ring is 1. The van der Waals surface area contributed by atoms with E-state index in [-0.39, 0.29) is 33.8 Å². The first-order chi connectivity index (χ1) is 17.3. The van der Waals surface area contributed by atoms with Crippen LogP contribution < -0.4 is 5.73 Å². The summed E-state index contributed by atoms with van der Waals surface area (Å²) in [5, 5.41) is 11.7. The van der Waals surface area contributed by atoms with Crippen molar-refractivity contribution in [3.05, 3.63) is 12.7 Å². The Morgan fingerprint density at radius 3 is 2.05 bits per heavy atom. The molecule has 13 heteroatoms. The monoisotopic (exact) mass is 551 g/mol. The third kappa shape index (κ3) is 4.47. The van der Waals surface area contributed by atoms with Crippen LogP contribution in [-0.2, 0) is 22.5 Å². The molecule has 1 unspecified atom stereocenters. The fourth-order valence-corrected chi connectivity index (χ4v) is 17.1. The van der Waals surface area contributed by atoms with Crippen LogP contribution in [-0.4, -0.2) is 71.9 Å². The van der Waals surface area contributed by atoms with Crippen molar-refractivity contribution < 1.29 is 27.6 Å². The summed E-state index contributed by atoms with van der Waals surface area (Å²) < 4.78 is 29.2. The van der Waals surface area contributed by atoms with E-state index in [4.69, 9.17) is 23.4 Å². The molecule has 4 heterocycles. The molecule has 0 saturated carbocycles. The van der Waals surface area contributed by atoms with E-state index in [0.717, 1.165) is 0 Å². The maximum Gasteiger partial charge on any atom is 0.335 e. The van der Waals surface area contributed by atoms with E-state index >= 15 is 0 Å². The molecule has 2 aliphatic rings. The number of aliphatic hydroxyl groups is 1. The summed E-state index contributed by atoms with van der Waals surface area (Å²) >= 11 is 0. The topological polar surface area (TPSA) is 144 Å². The molecule has 2 aromatic rings. The molecule has 2 aliphatic heterocycles. The quantitative estimate of drug-likeness (QED) is 0.511. The van der Waals surface area contributed by atoms with E-state index < -0.39 is 47.8 Å². The number of anilines is 1. The number of carbonyl (C=O) groups is 1. The number of imidazole rings is 1. The molecule has 2 aromatic heterocycles. The summed E-state index contributed by atoms with van der Waals surface area (Å²) in [4.78, 5) is 25.8. The van der Waals surface area contributed by atoms with Gasteiger partial charge in [0, 0.05) is 0 Å². The lowest BCUT2D eigenvalue weighted by Gasteiger charge is -2.52. The molecule has 0 amide bonds. The molecule has 0 aromatic carbocycles. The Bertz CT molecular complexity index is 1130. The SMILES string of the molecule is CC(=O)C1O[Si](C(C)C)(C(C)C)O[Si](C(C)C)(C(C)C)O[C@H]2[C@@H](O)[C@H](n3cnc4c(N)ncnc43)O[C@H]12. The Hall–Kier alpha value is -1.75. The fourth-order valence-electron chi connectivity index (χ4n) is 5.78. The Morgan fingerprint density at radius 2 is 1.51 bits per heavy atom. The second-order valence-electron chi connectivity index (χ2n) is 11.5. The van der Waals surface area contributed by atoms with Crippen LogP contribution >= 0.6 is 0 Å². The van der Waals surface area contributed by atoms with Crippen molar-refractivity contribution in [3.63, 3.8) is 0 Å². The number of aliphatic hydroxyl groups excluding tert-OH is 1. The highest BCUT2D eigenvalue weighted by molar-refractivity contribution is 6.84. The molecule has 0 bridgehead atoms. The first-order valence-electron chi connectivity index (χ1n) is 13.1. The second kappa shape index (κ2) is 10.1. The predicted octanol–water partition coefficient (Wildman–Crippen LogP) is 3.58. The smallest absolute Gasteiger partial charge is 0.335 e. The van der Waals surface area contributed by atoms with Crippen molar-refractivity contribution >= 4 is 39.9 Å². The lowest BCUT2D eigenvalue weighted by molar-refractivity contribution is -0.141. The lowest BCUT2D eigenvalue weighted by Crippen LogP contribution is -2.68. The van der Waals surface area contributed by atoms with Gasteiger partial charge in [0.15, 0.2) is 23.5 Å². The van der Waals surface area contributed by atoms with E-state index in [0.29, 0.717) is 11.2 Å². The van der Waals surface area contributed by atoms with Crippen LogP contribution in [0.4, 0.5) is 5.82 Å². The minimum atomic E-state index is -3.04. The van der Waals surface area contributed by atoms with Gasteiger partial charge in [-0.25, -0.2) is 15.0 Å². The number of aromatic nitrogens is 4. The molecule has 0 radical (unpaired) electrons. The zero-order valence-electron chi connectivity index (χ0n) is 23.2. The van der Waals surface area contributed by atoms with Gasteiger partial charge in [0.2, 0.25) is 0 Å². The number of Topliss-reactive ketones (excluding diaryl/α,β-unsaturated/α-hetero) is 1. The Kier molecular flexibility index (Phi) is 7.71. The number of hydrogen-bond acceptors (Lipinski definition) is 10. The second-order valence-corrected chi connectivity index (χ2v) is 20.3. The van der Waals surface area contributed by atoms with Gasteiger partial charge in [-0.2, -0.15) is 0 Å². The standard InChI is InChI=1S/C24H41N5O6Si2/c1-12(2)36(13(3)4)33-19(16(9)30)21-20(34-37(35-36,14(5)6)15(7)8)18(31)24(32-21)29-11-28-17-22(25)26-10-27-23(17)29/h10-15,18-21,24,31H,1-9H3,(H2,25,26,27)/t18-,19?,20+,21-,24-/m1/s1. The molecule has 5 atom stereocenters. The van der Waals surface area contributed by atoms with Crippen molar-refractivity contribution in [1.29, 1.82) is 0 Å². The molecule has 3 N–H and O–H groups in total. The molecule has 4 rings (SSSR count). The van der Waals surface area contributed by atoms with Crippen LogP contribution in [0.5, 0.6) is 0 Å². The van der Waals surface area contributed by atoms with Gasteiger partial charge in [-0.15, -0.1) is 0 Å². The van der Waals surface area contributed by atoms with Crippen LogP contribution in [0.25, 0.3) is 11.2 Å². The maximum absolute atomic E-state index is 13.1. The van der Waals surface area contributed by atoms with Crippen LogP contribution in [0.3, 0.4) is 0 Å². The van der Waals surface area contributed by atoms with Crippen molar-refractivity contribution in [2.45, 2.75) is 115 Å². The first-order valence-corrected chi connectivity index (χ1v) is 17.0. The summed E-state index contributed by atoms with van der Waals surface area (Å²) in [5.41, 5.74) is 7.04. The summed E-state index contributed by atoms with van der Waals surface area (Å²) in [7, 11) is -6.07. The molecule has 11 nitrogen and oxygen atoms in total. The van der Waals surface area contributed by atoms with Gasteiger partial charge in [-0.1, -0.05) is 55.4 Å². The van der Waals surface area contributed by atoms with E-state index in [1.54, 1.807) is 4.57 Å². The van der Waals surface area contributed by atoms with Gasteiger partial charge in [0.1, 0.15) is 36.3 Å². The van der Waals surface area contributed by atoms with E-state index in [9.17, 15) is 9.90 Å². The van der Waals surface area contributed by atoms with Gasteiger partial charge in [0.25, 0.3) is 0 Å². The molecular weight excluding hydrogens is 510 g/mol. The van der Waals surface area contributed by atoms with Crippen molar-refractivity contribution in [2.24, 2.45) is 0 Å². The van der Waals surface area contributed by atoms with Crippen molar-refractivity contribution in [2.75, 3.05) is 5.73 Å². The van der Waals surface area contributed by atoms with Crippen LogP contribution in [0.2, 0.25) is 22.2 Å². The number of ketones is 1. The Balaban J connectivity index is 1.88. The molecule has 37 heavy (non-hydrogen) atoms. The molecule has 0 spiro atoms. The van der Waals surface area contributed by atoms with Crippen LogP contribution in [0.1, 0.15) is 68.5 Å². The van der Waals surface area contributed by atoms with E-state index in [1.165, 1.54) is 19.6 Å². The van der Waals surface area contributed by atoms with Gasteiger partial charge < -0.3 is 28.5 Å². The number of fused-ring (bicyclic) bond motifs is 2. The lowest BCUT2D eigenvalue weighted by atomic mass is 10.0. The van der Waals surface area contributed by atoms with Crippen molar-refractivity contribution in [3.8, 4) is 0 Å². The zero-order chi connectivity index (χ0) is 27.4. The molecule has 206 valence electrons. The molecular formula is C24H41N5O6Si2. The summed E-state index contributed by atoms with van der Waals surface area (Å²) in [5.74, 6) is 0.0334. The van der Waals surface area contributed by atoms with Gasteiger partial charge in [0.05, 0.1) is 6.33 Å². The van der Waals surface area contributed by atoms with Crippen LogP contribution in [0.15, 0.2) is 12.7 Å². The largest absolute Gasteiger partial charge is 0.414 e. The third-order valence-electron chi connectivity index (χ3n) is 7.78. The fraction of sp³-hybridized carbons (Fsp3) is 0.750. The maximum atomic E-state index is 13.1. The summed E-state index contributed by atoms with van der Waals surface area (Å²) in [6.07, 6.45) is -1.85. The minimum absolute atomic E-state index is 0.0540. The number of nitrogens with zero attached hydrogens (tertiary/aromatic N) is 4. The minimum Gasteiger partial charge on any atom is -0.414 e. The highest BCUT2D eigenvalue weighted by atomic mass is 28.5. The Labute approximate surface area is 220 Å². The highest BCUT2D eigenvalue weighted by Gasteiger charge is 2.64. The number of rotatable bonds is 6. The Morgan fingerprint density at radius 1 is 0.946 bits per heavy atom. The average molecular weight is 552 g/mol. The number of carbonyl (C=O) groups excluding carboxylic acids is 1. The number of ether oxygens (including phenoxy) is 1. The third-order valence-corrected chi connectivity index (χ3v) is 18.0. The number of nitrogens with two attached hydrogens (primary N) is 1.